The van der Waals surface area contributed by atoms with Crippen LogP contribution < -0.4 is 15.0 Å². The molecule has 0 aliphatic carbocycles. The summed E-state index contributed by atoms with van der Waals surface area (Å²) in [4.78, 5) is 2.54. The van der Waals surface area contributed by atoms with Gasteiger partial charge in [-0.15, -0.1) is 0 Å². The van der Waals surface area contributed by atoms with Gasteiger partial charge in [0.25, 0.3) is 0 Å². The number of ether oxygens (including phenoxy) is 1. The number of rotatable bonds is 2. The summed E-state index contributed by atoms with van der Waals surface area (Å²) >= 11 is 2.06. The van der Waals surface area contributed by atoms with E-state index in [1.165, 1.54) is 22.9 Å². The van der Waals surface area contributed by atoms with Crippen LogP contribution >= 0.6 is 11.8 Å². The number of fused-ring (bicyclic) bond motifs is 3. The summed E-state index contributed by atoms with van der Waals surface area (Å²) < 4.78 is 5.90. The third-order valence-electron chi connectivity index (χ3n) is 3.42. The largest absolute Gasteiger partial charge is 0.489 e. The van der Waals surface area contributed by atoms with Crippen molar-refractivity contribution in [3.8, 4) is 5.75 Å². The average molecular weight is 264 g/mol. The summed E-state index contributed by atoms with van der Waals surface area (Å²) in [6.45, 7) is 6.32. The zero-order valence-electron chi connectivity index (χ0n) is 11.0. The number of nitrogens with one attached hydrogen (secondary N) is 1. The Morgan fingerprint density at radius 2 is 2.33 bits per heavy atom. The molecule has 1 aromatic rings. The van der Waals surface area contributed by atoms with E-state index in [2.05, 4.69) is 54.0 Å². The van der Waals surface area contributed by atoms with E-state index < -0.39 is 0 Å². The van der Waals surface area contributed by atoms with Crippen LogP contribution in [0.4, 0.5) is 11.4 Å². The van der Waals surface area contributed by atoms with E-state index in [9.17, 15) is 0 Å². The molecule has 0 bridgehead atoms. The highest BCUT2D eigenvalue weighted by Crippen LogP contribution is 2.40. The lowest BCUT2D eigenvalue weighted by molar-refractivity contribution is 0.243. The summed E-state index contributed by atoms with van der Waals surface area (Å²) in [5, 5.41) is 3.56. The molecule has 2 aliphatic rings. The molecule has 98 valence electrons. The van der Waals surface area contributed by atoms with Gasteiger partial charge in [-0.25, -0.2) is 0 Å². The highest BCUT2D eigenvalue weighted by molar-refractivity contribution is 7.99. The molecule has 0 spiro atoms. The Labute approximate surface area is 113 Å². The molecule has 1 aromatic carbocycles. The number of hydrogen-bond donors (Lipinski definition) is 1. The zero-order valence-corrected chi connectivity index (χ0v) is 11.8. The molecule has 0 radical (unpaired) electrons. The minimum atomic E-state index is 0.216. The SMILES string of the molecule is CC(C)Oc1cccc2c1NCC1CSCCN21. The van der Waals surface area contributed by atoms with Gasteiger partial charge < -0.3 is 15.0 Å². The van der Waals surface area contributed by atoms with Crippen LogP contribution in [0.1, 0.15) is 13.8 Å². The highest BCUT2D eigenvalue weighted by Gasteiger charge is 2.30. The Bertz CT molecular complexity index is 436. The Kier molecular flexibility index (Phi) is 3.29. The number of thioether (sulfide) groups is 1. The van der Waals surface area contributed by atoms with Gasteiger partial charge >= 0.3 is 0 Å². The van der Waals surface area contributed by atoms with Gasteiger partial charge in [-0.05, 0) is 26.0 Å². The normalized spacial score (nSPS) is 22.2. The number of anilines is 2. The van der Waals surface area contributed by atoms with Crippen molar-refractivity contribution in [1.29, 1.82) is 0 Å². The van der Waals surface area contributed by atoms with Crippen molar-refractivity contribution in [2.24, 2.45) is 0 Å². The van der Waals surface area contributed by atoms with E-state index in [-0.39, 0.29) is 6.10 Å². The summed E-state index contributed by atoms with van der Waals surface area (Å²) in [5.41, 5.74) is 2.49. The Balaban J connectivity index is 1.94. The second kappa shape index (κ2) is 4.92. The number of para-hydroxylation sites is 1. The van der Waals surface area contributed by atoms with Crippen LogP contribution in [0.5, 0.6) is 5.75 Å². The maximum absolute atomic E-state index is 5.90. The molecule has 2 heterocycles. The van der Waals surface area contributed by atoms with Crippen molar-refractivity contribution in [2.75, 3.05) is 34.8 Å². The first-order valence-corrected chi connectivity index (χ1v) is 7.79. The number of nitrogens with zero attached hydrogens (tertiary/aromatic N) is 1. The number of benzene rings is 1. The quantitative estimate of drug-likeness (QED) is 0.888. The smallest absolute Gasteiger partial charge is 0.144 e. The van der Waals surface area contributed by atoms with E-state index >= 15 is 0 Å². The van der Waals surface area contributed by atoms with Gasteiger partial charge in [0.05, 0.1) is 17.8 Å². The molecule has 18 heavy (non-hydrogen) atoms. The topological polar surface area (TPSA) is 24.5 Å². The Morgan fingerprint density at radius 1 is 1.44 bits per heavy atom. The van der Waals surface area contributed by atoms with Crippen LogP contribution in [-0.2, 0) is 0 Å². The lowest BCUT2D eigenvalue weighted by atomic mass is 10.1. The average Bonchev–Trinajstić information content (AvgIpc) is 2.38. The fourth-order valence-corrected chi connectivity index (χ4v) is 3.71. The van der Waals surface area contributed by atoms with E-state index in [1.54, 1.807) is 0 Å². The molecular weight excluding hydrogens is 244 g/mol. The van der Waals surface area contributed by atoms with Crippen LogP contribution in [0.15, 0.2) is 18.2 Å². The summed E-state index contributed by atoms with van der Waals surface area (Å²) in [6, 6.07) is 7.00. The van der Waals surface area contributed by atoms with Crippen LogP contribution in [0.3, 0.4) is 0 Å². The molecule has 1 saturated heterocycles. The molecule has 1 atom stereocenters. The molecule has 3 nitrogen and oxygen atoms in total. The van der Waals surface area contributed by atoms with Crippen molar-refractivity contribution >= 4 is 23.1 Å². The molecule has 1 N–H and O–H groups in total. The minimum absolute atomic E-state index is 0.216. The van der Waals surface area contributed by atoms with E-state index in [1.807, 2.05) is 0 Å². The molecule has 0 saturated carbocycles. The summed E-state index contributed by atoms with van der Waals surface area (Å²) in [6.07, 6.45) is 0.216. The molecule has 1 unspecified atom stereocenters. The van der Waals surface area contributed by atoms with E-state index in [0.717, 1.165) is 18.8 Å². The lowest BCUT2D eigenvalue weighted by Crippen LogP contribution is -2.49. The van der Waals surface area contributed by atoms with E-state index in [0.29, 0.717) is 6.04 Å². The molecule has 0 aromatic heterocycles. The standard InChI is InChI=1S/C14H20N2OS/c1-10(2)17-13-5-3-4-12-14(13)15-8-11-9-18-7-6-16(11)12/h3-5,10-11,15H,6-9H2,1-2H3. The Morgan fingerprint density at radius 3 is 3.17 bits per heavy atom. The minimum Gasteiger partial charge on any atom is -0.489 e. The van der Waals surface area contributed by atoms with Gasteiger partial charge in [0.15, 0.2) is 0 Å². The van der Waals surface area contributed by atoms with Crippen molar-refractivity contribution in [3.63, 3.8) is 0 Å². The number of hydrogen-bond acceptors (Lipinski definition) is 4. The van der Waals surface area contributed by atoms with Gasteiger partial charge in [0.2, 0.25) is 0 Å². The third-order valence-corrected chi connectivity index (χ3v) is 4.51. The van der Waals surface area contributed by atoms with Gasteiger partial charge in [-0.1, -0.05) is 6.07 Å². The first kappa shape index (κ1) is 12.0. The van der Waals surface area contributed by atoms with Crippen LogP contribution in [0.2, 0.25) is 0 Å². The monoisotopic (exact) mass is 264 g/mol. The zero-order chi connectivity index (χ0) is 12.5. The summed E-state index contributed by atoms with van der Waals surface area (Å²) in [7, 11) is 0. The first-order valence-electron chi connectivity index (χ1n) is 6.63. The molecule has 0 amide bonds. The maximum Gasteiger partial charge on any atom is 0.144 e. The fraction of sp³-hybridized carbons (Fsp3) is 0.571. The fourth-order valence-electron chi connectivity index (χ4n) is 2.65. The summed E-state index contributed by atoms with van der Waals surface area (Å²) in [5.74, 6) is 3.44. The van der Waals surface area contributed by atoms with Gasteiger partial charge in [0, 0.05) is 24.6 Å². The van der Waals surface area contributed by atoms with Crippen molar-refractivity contribution in [3.05, 3.63) is 18.2 Å². The maximum atomic E-state index is 5.90. The molecule has 4 heteroatoms. The van der Waals surface area contributed by atoms with Crippen LogP contribution in [-0.4, -0.2) is 36.7 Å². The van der Waals surface area contributed by atoms with Crippen molar-refractivity contribution < 1.29 is 4.74 Å². The molecule has 2 aliphatic heterocycles. The predicted octanol–water partition coefficient (Wildman–Crippen LogP) is 2.82. The second-order valence-electron chi connectivity index (χ2n) is 5.12. The van der Waals surface area contributed by atoms with Crippen molar-refractivity contribution in [1.82, 2.24) is 0 Å². The molecular formula is C14H20N2OS. The van der Waals surface area contributed by atoms with Gasteiger partial charge in [-0.2, -0.15) is 11.8 Å². The van der Waals surface area contributed by atoms with Crippen molar-refractivity contribution in [2.45, 2.75) is 26.0 Å². The predicted molar refractivity (Wildman–Crippen MR) is 79.2 cm³/mol. The third kappa shape index (κ3) is 2.14. The van der Waals surface area contributed by atoms with Crippen LogP contribution in [0, 0.1) is 0 Å². The van der Waals surface area contributed by atoms with Gasteiger partial charge in [0.1, 0.15) is 11.4 Å². The van der Waals surface area contributed by atoms with Crippen LogP contribution in [0.25, 0.3) is 0 Å². The highest BCUT2D eigenvalue weighted by atomic mass is 32.2. The van der Waals surface area contributed by atoms with Gasteiger partial charge in [-0.3, -0.25) is 0 Å². The first-order chi connectivity index (χ1) is 8.75. The molecule has 1 fully saturated rings. The second-order valence-corrected chi connectivity index (χ2v) is 6.27. The Hall–Kier alpha value is -1.03. The lowest BCUT2D eigenvalue weighted by Gasteiger charge is -2.42. The molecule has 3 rings (SSSR count). The van der Waals surface area contributed by atoms with E-state index in [4.69, 9.17) is 4.74 Å².